The lowest BCUT2D eigenvalue weighted by Gasteiger charge is -2.17. The van der Waals surface area contributed by atoms with Crippen LogP contribution < -0.4 is 11.3 Å². The molecule has 114 valence electrons. The summed E-state index contributed by atoms with van der Waals surface area (Å²) in [5.74, 6) is 5.74. The predicted molar refractivity (Wildman–Crippen MR) is 87.5 cm³/mol. The molecule has 0 saturated carbocycles. The average molecular weight is 327 g/mol. The Labute approximate surface area is 135 Å². The third-order valence-corrected chi connectivity index (χ3v) is 4.24. The topological polar surface area (TPSA) is 55.9 Å². The first-order valence-corrected chi connectivity index (χ1v) is 7.81. The number of hydrogen-bond donors (Lipinski definition) is 2. The lowest BCUT2D eigenvalue weighted by atomic mass is 10.0. The Morgan fingerprint density at radius 2 is 2.00 bits per heavy atom. The number of aryl methyl sites for hydroxylation is 2. The number of hydrazine groups is 1. The smallest absolute Gasteiger partial charge is 0.0669 e. The molecule has 1 aromatic carbocycles. The second-order valence-electron chi connectivity index (χ2n) is 4.90. The fraction of sp³-hybridized carbons (Fsp3) is 0.400. The lowest BCUT2D eigenvalue weighted by molar-refractivity contribution is 0.490. The van der Waals surface area contributed by atoms with Crippen LogP contribution in [-0.2, 0) is 19.4 Å². The van der Waals surface area contributed by atoms with E-state index in [4.69, 9.17) is 29.0 Å². The maximum Gasteiger partial charge on any atom is 0.0669 e. The highest BCUT2D eigenvalue weighted by molar-refractivity contribution is 6.42. The van der Waals surface area contributed by atoms with Crippen LogP contribution in [0.25, 0.3) is 0 Å². The van der Waals surface area contributed by atoms with Crippen molar-refractivity contribution < 1.29 is 0 Å². The van der Waals surface area contributed by atoms with E-state index in [0.717, 1.165) is 36.3 Å². The number of nitrogens with one attached hydrogen (secondary N) is 1. The number of halogens is 2. The summed E-state index contributed by atoms with van der Waals surface area (Å²) >= 11 is 12.0. The van der Waals surface area contributed by atoms with Gasteiger partial charge in [0, 0.05) is 6.54 Å². The molecular formula is C15H20Cl2N4. The van der Waals surface area contributed by atoms with Crippen molar-refractivity contribution in [1.29, 1.82) is 0 Å². The summed E-state index contributed by atoms with van der Waals surface area (Å²) < 4.78 is 1.99. The lowest BCUT2D eigenvalue weighted by Crippen LogP contribution is -2.31. The van der Waals surface area contributed by atoms with E-state index in [-0.39, 0.29) is 6.04 Å². The zero-order chi connectivity index (χ0) is 15.4. The van der Waals surface area contributed by atoms with Crippen LogP contribution in [0.15, 0.2) is 24.3 Å². The van der Waals surface area contributed by atoms with Crippen molar-refractivity contribution in [2.24, 2.45) is 5.84 Å². The summed E-state index contributed by atoms with van der Waals surface area (Å²) in [7, 11) is 0. The summed E-state index contributed by atoms with van der Waals surface area (Å²) in [5, 5.41) is 5.68. The number of benzene rings is 1. The highest BCUT2D eigenvalue weighted by atomic mass is 35.5. The van der Waals surface area contributed by atoms with Gasteiger partial charge in [0.05, 0.1) is 27.5 Å². The van der Waals surface area contributed by atoms with Crippen molar-refractivity contribution in [3.8, 4) is 0 Å². The van der Waals surface area contributed by atoms with Crippen molar-refractivity contribution in [2.75, 3.05) is 0 Å². The first-order chi connectivity index (χ1) is 10.1. The molecule has 6 heteroatoms. The van der Waals surface area contributed by atoms with Crippen LogP contribution in [-0.4, -0.2) is 9.78 Å². The molecule has 4 nitrogen and oxygen atoms in total. The van der Waals surface area contributed by atoms with Gasteiger partial charge in [-0.25, -0.2) is 0 Å². The summed E-state index contributed by atoms with van der Waals surface area (Å²) in [5.41, 5.74) is 6.11. The van der Waals surface area contributed by atoms with Crippen LogP contribution in [0.5, 0.6) is 0 Å². The van der Waals surface area contributed by atoms with Crippen molar-refractivity contribution in [3.63, 3.8) is 0 Å². The molecule has 2 rings (SSSR count). The average Bonchev–Trinajstić information content (AvgIpc) is 2.91. The molecular weight excluding hydrogens is 307 g/mol. The minimum absolute atomic E-state index is 0.0185. The van der Waals surface area contributed by atoms with Gasteiger partial charge < -0.3 is 0 Å². The molecule has 2 aromatic rings. The summed E-state index contributed by atoms with van der Waals surface area (Å²) in [6, 6.07) is 7.73. The molecule has 1 heterocycles. The molecule has 0 aliphatic heterocycles. The Morgan fingerprint density at radius 3 is 2.57 bits per heavy atom. The van der Waals surface area contributed by atoms with Gasteiger partial charge in [0.1, 0.15) is 0 Å². The SMILES string of the molecule is CCc1cc(C(Cc2ccc(Cl)c(Cl)c2)NN)n(CC)n1. The van der Waals surface area contributed by atoms with Gasteiger partial charge in [-0.1, -0.05) is 36.2 Å². The molecule has 21 heavy (non-hydrogen) atoms. The van der Waals surface area contributed by atoms with Gasteiger partial charge in [-0.3, -0.25) is 16.0 Å². The van der Waals surface area contributed by atoms with Gasteiger partial charge in [-0.05, 0) is 43.5 Å². The Bertz CT molecular complexity index is 610. The van der Waals surface area contributed by atoms with Gasteiger partial charge in [0.25, 0.3) is 0 Å². The summed E-state index contributed by atoms with van der Waals surface area (Å²) in [6.45, 7) is 4.98. The molecule has 3 N–H and O–H groups in total. The van der Waals surface area contributed by atoms with E-state index in [1.807, 2.05) is 16.8 Å². The standard InChI is InChI=1S/C15H20Cl2N4/c1-3-11-9-15(21(4-2)20-11)14(19-18)8-10-5-6-12(16)13(17)7-10/h5-7,9,14,19H,3-4,8,18H2,1-2H3. The van der Waals surface area contributed by atoms with Gasteiger partial charge in [0.15, 0.2) is 0 Å². The fourth-order valence-corrected chi connectivity index (χ4v) is 2.67. The van der Waals surface area contributed by atoms with Crippen molar-refractivity contribution >= 4 is 23.2 Å². The normalized spacial score (nSPS) is 12.6. The number of nitrogens with zero attached hydrogens (tertiary/aromatic N) is 2. The number of hydrogen-bond acceptors (Lipinski definition) is 3. The highest BCUT2D eigenvalue weighted by Gasteiger charge is 2.17. The minimum Gasteiger partial charge on any atom is -0.271 e. The van der Waals surface area contributed by atoms with Crippen LogP contribution in [0.3, 0.4) is 0 Å². The zero-order valence-corrected chi connectivity index (χ0v) is 13.7. The molecule has 0 bridgehead atoms. The van der Waals surface area contributed by atoms with Crippen LogP contribution in [0, 0.1) is 0 Å². The number of rotatable bonds is 6. The van der Waals surface area contributed by atoms with Crippen LogP contribution in [0.1, 0.15) is 36.8 Å². The quantitative estimate of drug-likeness (QED) is 0.630. The fourth-order valence-electron chi connectivity index (χ4n) is 2.34. The largest absolute Gasteiger partial charge is 0.271 e. The Balaban J connectivity index is 2.26. The summed E-state index contributed by atoms with van der Waals surface area (Å²) in [4.78, 5) is 0. The van der Waals surface area contributed by atoms with Gasteiger partial charge >= 0.3 is 0 Å². The predicted octanol–water partition coefficient (Wildman–Crippen LogP) is 3.52. The number of aromatic nitrogens is 2. The maximum absolute atomic E-state index is 6.07. The Morgan fingerprint density at radius 1 is 1.24 bits per heavy atom. The number of nitrogens with two attached hydrogens (primary N) is 1. The molecule has 0 aliphatic carbocycles. The van der Waals surface area contributed by atoms with Gasteiger partial charge in [-0.2, -0.15) is 5.10 Å². The Hall–Kier alpha value is -1.07. The van der Waals surface area contributed by atoms with E-state index in [9.17, 15) is 0 Å². The third kappa shape index (κ3) is 3.77. The second-order valence-corrected chi connectivity index (χ2v) is 5.72. The molecule has 0 radical (unpaired) electrons. The van der Waals surface area contributed by atoms with Crippen molar-refractivity contribution in [3.05, 3.63) is 51.3 Å². The Kier molecular flexibility index (Phi) is 5.65. The van der Waals surface area contributed by atoms with Crippen molar-refractivity contribution in [1.82, 2.24) is 15.2 Å². The minimum atomic E-state index is -0.0185. The van der Waals surface area contributed by atoms with E-state index in [1.165, 1.54) is 0 Å². The van der Waals surface area contributed by atoms with Gasteiger partial charge in [0.2, 0.25) is 0 Å². The van der Waals surface area contributed by atoms with Crippen LogP contribution in [0.4, 0.5) is 0 Å². The molecule has 0 saturated heterocycles. The first kappa shape index (κ1) is 16.3. The molecule has 1 atom stereocenters. The van der Waals surface area contributed by atoms with Gasteiger partial charge in [-0.15, -0.1) is 0 Å². The second kappa shape index (κ2) is 7.27. The third-order valence-electron chi connectivity index (χ3n) is 3.51. The molecule has 1 unspecified atom stereocenters. The molecule has 0 spiro atoms. The van der Waals surface area contributed by atoms with Crippen molar-refractivity contribution in [2.45, 2.75) is 39.3 Å². The van der Waals surface area contributed by atoms with Crippen LogP contribution >= 0.6 is 23.2 Å². The highest BCUT2D eigenvalue weighted by Crippen LogP contribution is 2.26. The zero-order valence-electron chi connectivity index (χ0n) is 12.2. The van der Waals surface area contributed by atoms with E-state index in [0.29, 0.717) is 10.0 Å². The van der Waals surface area contributed by atoms with E-state index < -0.39 is 0 Å². The summed E-state index contributed by atoms with van der Waals surface area (Å²) in [6.07, 6.45) is 1.63. The molecule has 0 fully saturated rings. The molecule has 0 aliphatic rings. The van der Waals surface area contributed by atoms with E-state index in [2.05, 4.69) is 30.4 Å². The molecule has 1 aromatic heterocycles. The first-order valence-electron chi connectivity index (χ1n) is 7.05. The molecule has 0 amide bonds. The maximum atomic E-state index is 6.07. The van der Waals surface area contributed by atoms with E-state index in [1.54, 1.807) is 6.07 Å². The monoisotopic (exact) mass is 326 g/mol. The van der Waals surface area contributed by atoms with Crippen LogP contribution in [0.2, 0.25) is 10.0 Å². The van der Waals surface area contributed by atoms with E-state index >= 15 is 0 Å².